The molecular formula is C16H15FO2S. The van der Waals surface area contributed by atoms with Gasteiger partial charge in [0, 0.05) is 17.1 Å². The summed E-state index contributed by atoms with van der Waals surface area (Å²) in [5, 5.41) is 0. The molecule has 1 aliphatic heterocycles. The summed E-state index contributed by atoms with van der Waals surface area (Å²) in [5.74, 6) is 1.21. The van der Waals surface area contributed by atoms with Crippen molar-refractivity contribution in [3.05, 3.63) is 59.4 Å². The molecule has 0 bridgehead atoms. The summed E-state index contributed by atoms with van der Waals surface area (Å²) in [5.41, 5.74) is 2.40. The van der Waals surface area contributed by atoms with Crippen molar-refractivity contribution in [3.63, 3.8) is 0 Å². The van der Waals surface area contributed by atoms with E-state index in [-0.39, 0.29) is 5.82 Å². The van der Waals surface area contributed by atoms with Crippen molar-refractivity contribution in [2.45, 2.75) is 17.7 Å². The molecule has 20 heavy (non-hydrogen) atoms. The molecule has 4 heteroatoms. The number of benzene rings is 2. The van der Waals surface area contributed by atoms with E-state index in [0.29, 0.717) is 10.6 Å². The number of rotatable bonds is 4. The molecule has 2 aromatic rings. The fraction of sp³-hybridized carbons (Fsp3) is 0.250. The zero-order chi connectivity index (χ0) is 13.9. The number of ether oxygens (including phenoxy) is 1. The lowest BCUT2D eigenvalue weighted by molar-refractivity contribution is 0.357. The second-order valence-corrected chi connectivity index (χ2v) is 6.36. The van der Waals surface area contributed by atoms with Gasteiger partial charge in [0.1, 0.15) is 11.6 Å². The molecule has 1 unspecified atom stereocenters. The van der Waals surface area contributed by atoms with E-state index >= 15 is 0 Å². The van der Waals surface area contributed by atoms with Crippen LogP contribution < -0.4 is 4.74 Å². The van der Waals surface area contributed by atoms with Crippen molar-refractivity contribution >= 4 is 10.8 Å². The van der Waals surface area contributed by atoms with Crippen LogP contribution in [0.1, 0.15) is 11.1 Å². The number of hydrogen-bond donors (Lipinski definition) is 0. The minimum absolute atomic E-state index is 0.302. The van der Waals surface area contributed by atoms with Crippen molar-refractivity contribution in [1.82, 2.24) is 0 Å². The lowest BCUT2D eigenvalue weighted by Crippen LogP contribution is -2.02. The molecule has 1 aliphatic rings. The van der Waals surface area contributed by atoms with Gasteiger partial charge >= 0.3 is 0 Å². The van der Waals surface area contributed by atoms with E-state index in [1.807, 2.05) is 12.1 Å². The van der Waals surface area contributed by atoms with Gasteiger partial charge in [-0.05, 0) is 47.9 Å². The maximum Gasteiger partial charge on any atom is 0.123 e. The normalized spacial score (nSPS) is 14.7. The van der Waals surface area contributed by atoms with Crippen molar-refractivity contribution in [3.8, 4) is 5.75 Å². The Labute approximate surface area is 120 Å². The fourth-order valence-corrected chi connectivity index (χ4v) is 3.41. The number of hydrogen-bond acceptors (Lipinski definition) is 2. The average Bonchev–Trinajstić information content (AvgIpc) is 2.93. The van der Waals surface area contributed by atoms with Gasteiger partial charge in [0.15, 0.2) is 0 Å². The Kier molecular flexibility index (Phi) is 3.83. The van der Waals surface area contributed by atoms with Crippen LogP contribution in [0.2, 0.25) is 0 Å². The van der Waals surface area contributed by atoms with E-state index in [4.69, 9.17) is 4.74 Å². The first-order valence-corrected chi connectivity index (χ1v) is 7.93. The molecule has 0 N–H and O–H groups in total. The molecule has 0 aromatic heterocycles. The van der Waals surface area contributed by atoms with Crippen LogP contribution in [0, 0.1) is 5.82 Å². The first kappa shape index (κ1) is 13.3. The van der Waals surface area contributed by atoms with Gasteiger partial charge in [0.2, 0.25) is 0 Å². The molecule has 0 fully saturated rings. The molecule has 1 atom stereocenters. The van der Waals surface area contributed by atoms with E-state index in [0.717, 1.165) is 25.2 Å². The van der Waals surface area contributed by atoms with Crippen LogP contribution in [0.3, 0.4) is 0 Å². The van der Waals surface area contributed by atoms with Gasteiger partial charge in [-0.1, -0.05) is 12.1 Å². The topological polar surface area (TPSA) is 26.3 Å². The van der Waals surface area contributed by atoms with Gasteiger partial charge in [-0.3, -0.25) is 4.21 Å². The predicted molar refractivity (Wildman–Crippen MR) is 77.0 cm³/mol. The Morgan fingerprint density at radius 1 is 1.15 bits per heavy atom. The number of fused-ring (bicyclic) bond motifs is 1. The molecule has 0 spiro atoms. The third-order valence-electron chi connectivity index (χ3n) is 3.41. The minimum Gasteiger partial charge on any atom is -0.493 e. The Hall–Kier alpha value is -1.68. The molecular weight excluding hydrogens is 275 g/mol. The Balaban J connectivity index is 1.64. The van der Waals surface area contributed by atoms with E-state index in [2.05, 4.69) is 6.07 Å². The quantitative estimate of drug-likeness (QED) is 0.865. The maximum atomic E-state index is 12.8. The van der Waals surface area contributed by atoms with Crippen LogP contribution >= 0.6 is 0 Å². The van der Waals surface area contributed by atoms with E-state index in [1.165, 1.54) is 23.3 Å². The van der Waals surface area contributed by atoms with Crippen molar-refractivity contribution in [2.24, 2.45) is 0 Å². The summed E-state index contributed by atoms with van der Waals surface area (Å²) in [6.45, 7) is 0.750. The van der Waals surface area contributed by atoms with Gasteiger partial charge in [-0.2, -0.15) is 0 Å². The molecule has 1 heterocycles. The zero-order valence-corrected chi connectivity index (χ0v) is 11.8. The van der Waals surface area contributed by atoms with Crippen LogP contribution in [0.15, 0.2) is 47.4 Å². The van der Waals surface area contributed by atoms with Gasteiger partial charge in [0.05, 0.1) is 17.4 Å². The van der Waals surface area contributed by atoms with Crippen molar-refractivity contribution < 1.29 is 13.3 Å². The summed E-state index contributed by atoms with van der Waals surface area (Å²) in [4.78, 5) is 0.677. The minimum atomic E-state index is -1.09. The standard InChI is InChI=1S/C16H15FO2S/c17-14-2-4-15(5-3-14)20(18)10-8-12-1-6-16-13(11-12)7-9-19-16/h1-6,11H,7-10H2. The molecule has 0 aliphatic carbocycles. The summed E-state index contributed by atoms with van der Waals surface area (Å²) < 4.78 is 30.4. The lowest BCUT2D eigenvalue weighted by Gasteiger charge is -2.05. The SMILES string of the molecule is O=S(CCc1ccc2c(c1)CCO2)c1ccc(F)cc1. The predicted octanol–water partition coefficient (Wildman–Crippen LogP) is 3.11. The second-order valence-electron chi connectivity index (χ2n) is 4.79. The fourth-order valence-electron chi connectivity index (χ4n) is 2.31. The van der Waals surface area contributed by atoms with Crippen LogP contribution in [0.4, 0.5) is 4.39 Å². The van der Waals surface area contributed by atoms with E-state index in [1.54, 1.807) is 12.1 Å². The third-order valence-corrected chi connectivity index (χ3v) is 4.78. The number of halogens is 1. The van der Waals surface area contributed by atoms with E-state index in [9.17, 15) is 8.60 Å². The molecule has 2 aromatic carbocycles. The average molecular weight is 290 g/mol. The van der Waals surface area contributed by atoms with Crippen molar-refractivity contribution in [2.75, 3.05) is 12.4 Å². The largest absolute Gasteiger partial charge is 0.493 e. The van der Waals surface area contributed by atoms with Crippen LogP contribution in [-0.2, 0) is 23.6 Å². The molecule has 104 valence electrons. The highest BCUT2D eigenvalue weighted by molar-refractivity contribution is 7.85. The van der Waals surface area contributed by atoms with Crippen LogP contribution in [0.5, 0.6) is 5.75 Å². The summed E-state index contributed by atoms with van der Waals surface area (Å²) in [7, 11) is -1.09. The van der Waals surface area contributed by atoms with Gasteiger partial charge < -0.3 is 4.74 Å². The number of aryl methyl sites for hydroxylation is 1. The maximum absolute atomic E-state index is 12.8. The van der Waals surface area contributed by atoms with Crippen molar-refractivity contribution in [1.29, 1.82) is 0 Å². The smallest absolute Gasteiger partial charge is 0.123 e. The van der Waals surface area contributed by atoms with Gasteiger partial charge in [-0.25, -0.2) is 4.39 Å². The first-order chi connectivity index (χ1) is 9.72. The van der Waals surface area contributed by atoms with Gasteiger partial charge in [0.25, 0.3) is 0 Å². The summed E-state index contributed by atoms with van der Waals surface area (Å²) in [6, 6.07) is 12.0. The van der Waals surface area contributed by atoms with Crippen LogP contribution in [0.25, 0.3) is 0 Å². The van der Waals surface area contributed by atoms with E-state index < -0.39 is 10.8 Å². The lowest BCUT2D eigenvalue weighted by atomic mass is 10.1. The van der Waals surface area contributed by atoms with Crippen LogP contribution in [-0.4, -0.2) is 16.6 Å². The third kappa shape index (κ3) is 2.90. The Morgan fingerprint density at radius 3 is 2.75 bits per heavy atom. The molecule has 3 rings (SSSR count). The monoisotopic (exact) mass is 290 g/mol. The molecule has 0 saturated carbocycles. The Bertz CT molecular complexity index is 637. The highest BCUT2D eigenvalue weighted by Gasteiger charge is 2.12. The second kappa shape index (κ2) is 5.75. The summed E-state index contributed by atoms with van der Waals surface area (Å²) >= 11 is 0. The molecule has 0 radical (unpaired) electrons. The highest BCUT2D eigenvalue weighted by Crippen LogP contribution is 2.26. The summed E-state index contributed by atoms with van der Waals surface area (Å²) in [6.07, 6.45) is 1.70. The van der Waals surface area contributed by atoms with Gasteiger partial charge in [-0.15, -0.1) is 0 Å². The molecule has 2 nitrogen and oxygen atoms in total. The molecule has 0 amide bonds. The Morgan fingerprint density at radius 2 is 1.95 bits per heavy atom. The highest BCUT2D eigenvalue weighted by atomic mass is 32.2. The zero-order valence-electron chi connectivity index (χ0n) is 11.0. The molecule has 0 saturated heterocycles. The first-order valence-electron chi connectivity index (χ1n) is 6.61.